The van der Waals surface area contributed by atoms with Crippen molar-refractivity contribution in [2.75, 3.05) is 5.32 Å². The molecule has 2 aromatic rings. The number of carbonyl (C=O) groups excluding carboxylic acids is 1. The Balaban J connectivity index is 2.02. The largest absolute Gasteiger partial charge is 0.326 e. The van der Waals surface area contributed by atoms with Crippen LogP contribution < -0.4 is 5.32 Å². The molecular weight excluding hydrogens is 342 g/mol. The van der Waals surface area contributed by atoms with Crippen molar-refractivity contribution in [2.45, 2.75) is 20.4 Å². The zero-order valence-corrected chi connectivity index (χ0v) is 13.6. The second-order valence-electron chi connectivity index (χ2n) is 4.68. The number of halogens is 2. The molecule has 1 heterocycles. The van der Waals surface area contributed by atoms with Crippen LogP contribution >= 0.6 is 27.5 Å². The third kappa shape index (κ3) is 3.61. The molecule has 4 nitrogen and oxygen atoms in total. The molecule has 1 N–H and O–H groups in total. The third-order valence-electron chi connectivity index (χ3n) is 3.04. The molecule has 0 aliphatic heterocycles. The number of benzene rings is 1. The second-order valence-corrected chi connectivity index (χ2v) is 6.01. The Bertz CT molecular complexity index is 627. The minimum atomic E-state index is -0.194. The predicted molar refractivity (Wildman–Crippen MR) is 83.9 cm³/mol. The molecule has 0 aliphatic carbocycles. The van der Waals surface area contributed by atoms with Gasteiger partial charge in [0.25, 0.3) is 0 Å². The number of hydrogen-bond acceptors (Lipinski definition) is 2. The van der Waals surface area contributed by atoms with E-state index < -0.39 is 0 Å². The van der Waals surface area contributed by atoms with Gasteiger partial charge in [0.15, 0.2) is 0 Å². The van der Waals surface area contributed by atoms with Gasteiger partial charge in [-0.15, -0.1) is 0 Å². The van der Waals surface area contributed by atoms with E-state index in [1.165, 1.54) is 0 Å². The first-order valence-corrected chi connectivity index (χ1v) is 7.38. The lowest BCUT2D eigenvalue weighted by Gasteiger charge is -2.14. The van der Waals surface area contributed by atoms with Gasteiger partial charge in [-0.25, -0.2) is 0 Å². The Morgan fingerprint density at radius 2 is 2.30 bits per heavy atom. The molecule has 0 saturated heterocycles. The first-order chi connectivity index (χ1) is 9.47. The topological polar surface area (TPSA) is 46.9 Å². The van der Waals surface area contributed by atoms with Gasteiger partial charge >= 0.3 is 0 Å². The number of amides is 1. The zero-order chi connectivity index (χ0) is 14.7. The quantitative estimate of drug-likeness (QED) is 0.903. The van der Waals surface area contributed by atoms with Crippen molar-refractivity contribution in [3.63, 3.8) is 0 Å². The van der Waals surface area contributed by atoms with Crippen LogP contribution in [-0.2, 0) is 11.3 Å². The molecule has 20 heavy (non-hydrogen) atoms. The van der Waals surface area contributed by atoms with Crippen molar-refractivity contribution in [2.24, 2.45) is 5.92 Å². The maximum absolute atomic E-state index is 12.2. The Kier molecular flexibility index (Phi) is 4.83. The second kappa shape index (κ2) is 6.41. The number of carbonyl (C=O) groups is 1. The molecule has 1 atom stereocenters. The maximum atomic E-state index is 12.2. The highest BCUT2D eigenvalue weighted by Crippen LogP contribution is 2.23. The molecule has 106 valence electrons. The van der Waals surface area contributed by atoms with Crippen molar-refractivity contribution in [3.8, 4) is 0 Å². The molecule has 0 fully saturated rings. The molecule has 0 saturated carbocycles. The molecule has 1 amide bonds. The Morgan fingerprint density at radius 3 is 2.95 bits per heavy atom. The summed E-state index contributed by atoms with van der Waals surface area (Å²) >= 11 is 9.37. The van der Waals surface area contributed by atoms with Gasteiger partial charge in [-0.05, 0) is 40.5 Å². The Hall–Kier alpha value is -1.33. The fraction of sp³-hybridized carbons (Fsp3) is 0.286. The normalized spacial score (nSPS) is 12.2. The fourth-order valence-electron chi connectivity index (χ4n) is 1.80. The van der Waals surface area contributed by atoms with Crippen LogP contribution in [0.2, 0.25) is 5.02 Å². The van der Waals surface area contributed by atoms with Crippen LogP contribution in [0.25, 0.3) is 0 Å². The van der Waals surface area contributed by atoms with E-state index in [2.05, 4.69) is 26.3 Å². The van der Waals surface area contributed by atoms with Crippen LogP contribution in [0.15, 0.2) is 35.1 Å². The maximum Gasteiger partial charge on any atom is 0.229 e. The summed E-state index contributed by atoms with van der Waals surface area (Å²) in [5, 5.41) is 7.69. The summed E-state index contributed by atoms with van der Waals surface area (Å²) in [6.45, 7) is 4.27. The molecule has 0 radical (unpaired) electrons. The third-order valence-corrected chi connectivity index (χ3v) is 3.85. The van der Waals surface area contributed by atoms with E-state index in [-0.39, 0.29) is 11.8 Å². The minimum absolute atomic E-state index is 0.0537. The van der Waals surface area contributed by atoms with Crippen LogP contribution in [0.4, 0.5) is 5.69 Å². The van der Waals surface area contributed by atoms with E-state index >= 15 is 0 Å². The molecule has 0 spiro atoms. The van der Waals surface area contributed by atoms with E-state index in [9.17, 15) is 4.79 Å². The number of nitrogens with one attached hydrogen (secondary N) is 1. The summed E-state index contributed by atoms with van der Waals surface area (Å²) in [5.74, 6) is -0.248. The number of nitrogens with zero attached hydrogens (tertiary/aromatic N) is 2. The highest BCUT2D eigenvalue weighted by Gasteiger charge is 2.15. The van der Waals surface area contributed by atoms with Crippen molar-refractivity contribution in [3.05, 3.63) is 45.7 Å². The van der Waals surface area contributed by atoms with Gasteiger partial charge in [-0.3, -0.25) is 9.48 Å². The van der Waals surface area contributed by atoms with Crippen LogP contribution in [0.5, 0.6) is 0 Å². The SMILES string of the molecule is Cc1c(Cl)cccc1NC(=O)C(C)Cn1cc(Br)cn1. The number of aromatic nitrogens is 2. The summed E-state index contributed by atoms with van der Waals surface area (Å²) < 4.78 is 2.63. The highest BCUT2D eigenvalue weighted by molar-refractivity contribution is 9.10. The summed E-state index contributed by atoms with van der Waals surface area (Å²) in [6.07, 6.45) is 3.54. The van der Waals surface area contributed by atoms with Gasteiger partial charge in [-0.1, -0.05) is 24.6 Å². The van der Waals surface area contributed by atoms with E-state index in [0.29, 0.717) is 11.6 Å². The number of hydrogen-bond donors (Lipinski definition) is 1. The average Bonchev–Trinajstić information content (AvgIpc) is 2.80. The van der Waals surface area contributed by atoms with Crippen molar-refractivity contribution >= 4 is 39.1 Å². The highest BCUT2D eigenvalue weighted by atomic mass is 79.9. The molecular formula is C14H15BrClN3O. The molecule has 2 rings (SSSR count). The van der Waals surface area contributed by atoms with Gasteiger partial charge < -0.3 is 5.32 Å². The first-order valence-electron chi connectivity index (χ1n) is 6.21. The van der Waals surface area contributed by atoms with Crippen LogP contribution in [0.3, 0.4) is 0 Å². The zero-order valence-electron chi connectivity index (χ0n) is 11.2. The van der Waals surface area contributed by atoms with Crippen LogP contribution in [-0.4, -0.2) is 15.7 Å². The van der Waals surface area contributed by atoms with Gasteiger partial charge in [0, 0.05) is 16.9 Å². The lowest BCUT2D eigenvalue weighted by molar-refractivity contribution is -0.119. The van der Waals surface area contributed by atoms with Crippen molar-refractivity contribution in [1.29, 1.82) is 0 Å². The predicted octanol–water partition coefficient (Wildman–Crippen LogP) is 3.88. The van der Waals surface area contributed by atoms with Gasteiger partial charge in [0.1, 0.15) is 0 Å². The smallest absolute Gasteiger partial charge is 0.229 e. The molecule has 1 aromatic heterocycles. The average molecular weight is 357 g/mol. The van der Waals surface area contributed by atoms with E-state index in [4.69, 9.17) is 11.6 Å². The molecule has 0 bridgehead atoms. The molecule has 1 aromatic carbocycles. The lowest BCUT2D eigenvalue weighted by Crippen LogP contribution is -2.25. The van der Waals surface area contributed by atoms with Crippen LogP contribution in [0, 0.1) is 12.8 Å². The Labute approximate surface area is 131 Å². The van der Waals surface area contributed by atoms with Gasteiger partial charge in [0.05, 0.1) is 23.1 Å². The van der Waals surface area contributed by atoms with Crippen molar-refractivity contribution < 1.29 is 4.79 Å². The monoisotopic (exact) mass is 355 g/mol. The van der Waals surface area contributed by atoms with E-state index in [1.54, 1.807) is 16.9 Å². The number of rotatable bonds is 4. The van der Waals surface area contributed by atoms with E-state index in [1.807, 2.05) is 32.2 Å². The van der Waals surface area contributed by atoms with Gasteiger partial charge in [-0.2, -0.15) is 5.10 Å². The molecule has 0 aliphatic rings. The molecule has 6 heteroatoms. The Morgan fingerprint density at radius 1 is 1.55 bits per heavy atom. The van der Waals surface area contributed by atoms with Crippen LogP contribution in [0.1, 0.15) is 12.5 Å². The lowest BCUT2D eigenvalue weighted by atomic mass is 10.1. The summed E-state index contributed by atoms with van der Waals surface area (Å²) in [5.41, 5.74) is 1.62. The standard InChI is InChI=1S/C14H15BrClN3O/c1-9(7-19-8-11(15)6-17-19)14(20)18-13-5-3-4-12(16)10(13)2/h3-6,8-9H,7H2,1-2H3,(H,18,20). The van der Waals surface area contributed by atoms with Crippen molar-refractivity contribution in [1.82, 2.24) is 9.78 Å². The van der Waals surface area contributed by atoms with E-state index in [0.717, 1.165) is 15.7 Å². The summed E-state index contributed by atoms with van der Waals surface area (Å²) in [7, 11) is 0. The minimum Gasteiger partial charge on any atom is -0.326 e. The van der Waals surface area contributed by atoms with Gasteiger partial charge in [0.2, 0.25) is 5.91 Å². The fourth-order valence-corrected chi connectivity index (χ4v) is 2.30. The number of anilines is 1. The summed E-state index contributed by atoms with van der Waals surface area (Å²) in [4.78, 5) is 12.2. The summed E-state index contributed by atoms with van der Waals surface area (Å²) in [6, 6.07) is 5.47. The molecule has 1 unspecified atom stereocenters. The first kappa shape index (κ1) is 15.1.